The number of nitrogens with one attached hydrogen (secondary N) is 2. The SMILES string of the molecule is O=C(O)CCCN(Cc1ccccc1)C(=O)c1cccc(NC(=O)NC2CC2)c1. The molecule has 0 saturated heterocycles. The van der Waals surface area contributed by atoms with Gasteiger partial charge in [-0.3, -0.25) is 9.59 Å². The third-order valence-corrected chi connectivity index (χ3v) is 4.60. The van der Waals surface area contributed by atoms with E-state index in [0.717, 1.165) is 18.4 Å². The third-order valence-electron chi connectivity index (χ3n) is 4.60. The predicted octanol–water partition coefficient (Wildman–Crippen LogP) is 3.48. The van der Waals surface area contributed by atoms with Gasteiger partial charge in [0.1, 0.15) is 0 Å². The number of hydrogen-bond acceptors (Lipinski definition) is 3. The topological polar surface area (TPSA) is 98.7 Å². The number of carbonyl (C=O) groups excluding carboxylic acids is 2. The van der Waals surface area contributed by atoms with E-state index < -0.39 is 5.97 Å². The Morgan fingerprint density at radius 2 is 1.79 bits per heavy atom. The van der Waals surface area contributed by atoms with Crippen LogP contribution in [0.1, 0.15) is 41.6 Å². The summed E-state index contributed by atoms with van der Waals surface area (Å²) in [6, 6.07) is 16.3. The first-order valence-corrected chi connectivity index (χ1v) is 9.74. The molecule has 29 heavy (non-hydrogen) atoms. The van der Waals surface area contributed by atoms with Crippen molar-refractivity contribution < 1.29 is 19.5 Å². The quantitative estimate of drug-likeness (QED) is 0.605. The van der Waals surface area contributed by atoms with Gasteiger partial charge in [-0.25, -0.2) is 4.79 Å². The zero-order valence-electron chi connectivity index (χ0n) is 16.1. The molecule has 3 N–H and O–H groups in total. The Bertz CT molecular complexity index is 865. The van der Waals surface area contributed by atoms with Gasteiger partial charge in [0.05, 0.1) is 0 Å². The number of amides is 3. The van der Waals surface area contributed by atoms with Crippen molar-refractivity contribution in [3.8, 4) is 0 Å². The van der Waals surface area contributed by atoms with Crippen LogP contribution in [0.15, 0.2) is 54.6 Å². The molecule has 3 amide bonds. The molecule has 152 valence electrons. The van der Waals surface area contributed by atoms with Crippen molar-refractivity contribution in [2.45, 2.75) is 38.3 Å². The van der Waals surface area contributed by atoms with E-state index in [0.29, 0.717) is 30.8 Å². The summed E-state index contributed by atoms with van der Waals surface area (Å²) < 4.78 is 0. The zero-order chi connectivity index (χ0) is 20.6. The zero-order valence-corrected chi connectivity index (χ0v) is 16.1. The van der Waals surface area contributed by atoms with Gasteiger partial charge in [-0.2, -0.15) is 0 Å². The number of urea groups is 1. The van der Waals surface area contributed by atoms with E-state index in [4.69, 9.17) is 5.11 Å². The molecule has 7 nitrogen and oxygen atoms in total. The van der Waals surface area contributed by atoms with Crippen LogP contribution < -0.4 is 10.6 Å². The van der Waals surface area contributed by atoms with E-state index in [9.17, 15) is 14.4 Å². The Balaban J connectivity index is 1.70. The number of anilines is 1. The molecular formula is C22H25N3O4. The number of carbonyl (C=O) groups is 3. The van der Waals surface area contributed by atoms with Gasteiger partial charge in [0, 0.05) is 36.8 Å². The van der Waals surface area contributed by atoms with Crippen LogP contribution in [0.25, 0.3) is 0 Å². The lowest BCUT2D eigenvalue weighted by atomic mass is 10.1. The molecule has 2 aromatic rings. The highest BCUT2D eigenvalue weighted by Crippen LogP contribution is 2.19. The lowest BCUT2D eigenvalue weighted by molar-refractivity contribution is -0.137. The van der Waals surface area contributed by atoms with Gasteiger partial charge in [-0.05, 0) is 43.0 Å². The Morgan fingerprint density at radius 1 is 1.03 bits per heavy atom. The van der Waals surface area contributed by atoms with Gasteiger partial charge in [-0.1, -0.05) is 36.4 Å². The van der Waals surface area contributed by atoms with Crippen molar-refractivity contribution >= 4 is 23.6 Å². The van der Waals surface area contributed by atoms with Crippen LogP contribution in [0.5, 0.6) is 0 Å². The fourth-order valence-corrected chi connectivity index (χ4v) is 2.97. The van der Waals surface area contributed by atoms with Gasteiger partial charge in [0.15, 0.2) is 0 Å². The van der Waals surface area contributed by atoms with Crippen LogP contribution in [-0.4, -0.2) is 40.5 Å². The fourth-order valence-electron chi connectivity index (χ4n) is 2.97. The van der Waals surface area contributed by atoms with Crippen molar-refractivity contribution in [2.75, 3.05) is 11.9 Å². The molecule has 0 atom stereocenters. The average molecular weight is 395 g/mol. The van der Waals surface area contributed by atoms with Gasteiger partial charge in [-0.15, -0.1) is 0 Å². The number of rotatable bonds is 9. The van der Waals surface area contributed by atoms with E-state index in [1.165, 1.54) is 0 Å². The normalized spacial score (nSPS) is 12.8. The molecule has 7 heteroatoms. The second-order valence-electron chi connectivity index (χ2n) is 7.16. The summed E-state index contributed by atoms with van der Waals surface area (Å²) in [6.07, 6.45) is 2.37. The summed E-state index contributed by atoms with van der Waals surface area (Å²) >= 11 is 0. The molecular weight excluding hydrogens is 370 g/mol. The summed E-state index contributed by atoms with van der Waals surface area (Å²) in [6.45, 7) is 0.721. The number of aliphatic carboxylic acids is 1. The van der Waals surface area contributed by atoms with Crippen molar-refractivity contribution in [3.05, 3.63) is 65.7 Å². The summed E-state index contributed by atoms with van der Waals surface area (Å²) in [5.74, 6) is -1.09. The number of nitrogens with zero attached hydrogens (tertiary/aromatic N) is 1. The molecule has 0 unspecified atom stereocenters. The first-order valence-electron chi connectivity index (χ1n) is 9.74. The first-order chi connectivity index (χ1) is 14.0. The van der Waals surface area contributed by atoms with Crippen molar-refractivity contribution in [3.63, 3.8) is 0 Å². The van der Waals surface area contributed by atoms with E-state index in [-0.39, 0.29) is 24.4 Å². The number of benzene rings is 2. The van der Waals surface area contributed by atoms with E-state index in [1.807, 2.05) is 30.3 Å². The Hall–Kier alpha value is -3.35. The summed E-state index contributed by atoms with van der Waals surface area (Å²) in [7, 11) is 0. The smallest absolute Gasteiger partial charge is 0.319 e. The molecule has 1 saturated carbocycles. The van der Waals surface area contributed by atoms with Gasteiger partial charge in [0.25, 0.3) is 5.91 Å². The van der Waals surface area contributed by atoms with E-state index in [1.54, 1.807) is 29.2 Å². The summed E-state index contributed by atoms with van der Waals surface area (Å²) in [5, 5.41) is 14.5. The maximum absolute atomic E-state index is 13.1. The van der Waals surface area contributed by atoms with Crippen LogP contribution in [0, 0.1) is 0 Å². The number of carboxylic acid groups (broad SMARTS) is 1. The van der Waals surface area contributed by atoms with Crippen molar-refractivity contribution in [1.82, 2.24) is 10.2 Å². The minimum Gasteiger partial charge on any atom is -0.481 e. The molecule has 0 heterocycles. The number of hydrogen-bond donors (Lipinski definition) is 3. The molecule has 1 aliphatic rings. The van der Waals surface area contributed by atoms with Gasteiger partial charge >= 0.3 is 12.0 Å². The number of carboxylic acids is 1. The van der Waals surface area contributed by atoms with Gasteiger partial charge < -0.3 is 20.6 Å². The van der Waals surface area contributed by atoms with Crippen LogP contribution in [0.3, 0.4) is 0 Å². The minimum atomic E-state index is -0.884. The molecule has 1 aliphatic carbocycles. The fraction of sp³-hybridized carbons (Fsp3) is 0.318. The third kappa shape index (κ3) is 6.64. The monoisotopic (exact) mass is 395 g/mol. The highest BCUT2D eigenvalue weighted by molar-refractivity contribution is 5.97. The van der Waals surface area contributed by atoms with Crippen LogP contribution >= 0.6 is 0 Å². The minimum absolute atomic E-state index is 0.00149. The Labute approximate surface area is 169 Å². The predicted molar refractivity (Wildman–Crippen MR) is 110 cm³/mol. The molecule has 0 aromatic heterocycles. The van der Waals surface area contributed by atoms with Crippen LogP contribution in [-0.2, 0) is 11.3 Å². The molecule has 0 bridgehead atoms. The lowest BCUT2D eigenvalue weighted by Crippen LogP contribution is -2.32. The molecule has 0 spiro atoms. The maximum Gasteiger partial charge on any atom is 0.319 e. The lowest BCUT2D eigenvalue weighted by Gasteiger charge is -2.23. The molecule has 1 fully saturated rings. The Morgan fingerprint density at radius 3 is 2.48 bits per heavy atom. The highest BCUT2D eigenvalue weighted by Gasteiger charge is 2.23. The second-order valence-corrected chi connectivity index (χ2v) is 7.16. The highest BCUT2D eigenvalue weighted by atomic mass is 16.4. The maximum atomic E-state index is 13.1. The van der Waals surface area contributed by atoms with Crippen LogP contribution in [0.4, 0.5) is 10.5 Å². The Kier molecular flexibility index (Phi) is 6.84. The summed E-state index contributed by atoms with van der Waals surface area (Å²) in [5.41, 5.74) is 1.95. The van der Waals surface area contributed by atoms with Crippen molar-refractivity contribution in [1.29, 1.82) is 0 Å². The van der Waals surface area contributed by atoms with Gasteiger partial charge in [0.2, 0.25) is 0 Å². The second kappa shape index (κ2) is 9.73. The van der Waals surface area contributed by atoms with Crippen molar-refractivity contribution in [2.24, 2.45) is 0 Å². The molecule has 0 aliphatic heterocycles. The largest absolute Gasteiger partial charge is 0.481 e. The molecule has 2 aromatic carbocycles. The van der Waals surface area contributed by atoms with E-state index in [2.05, 4.69) is 10.6 Å². The molecule has 0 radical (unpaired) electrons. The standard InChI is InChI=1S/C22H25N3O4/c26-20(27)10-5-13-25(15-16-6-2-1-3-7-16)21(28)17-8-4-9-19(14-17)24-22(29)23-18-11-12-18/h1-4,6-9,14,18H,5,10-13,15H2,(H,26,27)(H2,23,24,29). The van der Waals surface area contributed by atoms with E-state index >= 15 is 0 Å². The average Bonchev–Trinajstić information content (AvgIpc) is 3.51. The van der Waals surface area contributed by atoms with Crippen LogP contribution in [0.2, 0.25) is 0 Å². The summed E-state index contributed by atoms with van der Waals surface area (Å²) in [4.78, 5) is 37.6. The first kappa shape index (κ1) is 20.4. The molecule has 3 rings (SSSR count).